The van der Waals surface area contributed by atoms with Crippen LogP contribution in [-0.2, 0) is 0 Å². The van der Waals surface area contributed by atoms with Crippen LogP contribution in [0.1, 0.15) is 32.1 Å². The summed E-state index contributed by atoms with van der Waals surface area (Å²) in [5, 5.41) is 3.89. The normalized spacial score (nSPS) is 20.4. The molecule has 110 valence electrons. The molecule has 1 aromatic carbocycles. The number of halogens is 1. The molecule has 4 heteroatoms. The van der Waals surface area contributed by atoms with E-state index in [9.17, 15) is 0 Å². The van der Waals surface area contributed by atoms with Crippen LogP contribution < -0.4 is 14.8 Å². The van der Waals surface area contributed by atoms with Crippen LogP contribution in [0.15, 0.2) is 18.2 Å². The van der Waals surface area contributed by atoms with Gasteiger partial charge in [-0.25, -0.2) is 0 Å². The number of rotatable bonds is 5. The molecule has 1 aliphatic carbocycles. The minimum atomic E-state index is 0.241. The second kappa shape index (κ2) is 6.68. The number of hydrogen-bond donors (Lipinski definition) is 1. The zero-order valence-electron chi connectivity index (χ0n) is 11.7. The molecule has 0 atom stereocenters. The van der Waals surface area contributed by atoms with Crippen LogP contribution in [0.4, 0.5) is 0 Å². The van der Waals surface area contributed by atoms with E-state index in [2.05, 4.69) is 5.32 Å². The van der Waals surface area contributed by atoms with Crippen LogP contribution in [0.5, 0.6) is 11.5 Å². The molecule has 0 unspecified atom stereocenters. The molecule has 1 saturated heterocycles. The third kappa shape index (κ3) is 3.58. The fourth-order valence-corrected chi connectivity index (χ4v) is 2.94. The SMILES string of the molecule is Clc1ccc(OCC2CCCCC2)c(OC2CNC2)c1. The lowest BCUT2D eigenvalue weighted by Gasteiger charge is -2.29. The molecule has 20 heavy (non-hydrogen) atoms. The van der Waals surface area contributed by atoms with E-state index in [1.165, 1.54) is 32.1 Å². The highest BCUT2D eigenvalue weighted by Gasteiger charge is 2.21. The summed E-state index contributed by atoms with van der Waals surface area (Å²) >= 11 is 6.06. The quantitative estimate of drug-likeness (QED) is 0.899. The van der Waals surface area contributed by atoms with Crippen LogP contribution in [0.2, 0.25) is 5.02 Å². The summed E-state index contributed by atoms with van der Waals surface area (Å²) in [6, 6.07) is 5.65. The van der Waals surface area contributed by atoms with Crippen molar-refractivity contribution in [3.8, 4) is 11.5 Å². The first-order valence-corrected chi connectivity index (χ1v) is 7.99. The van der Waals surface area contributed by atoms with Gasteiger partial charge in [-0.1, -0.05) is 30.9 Å². The van der Waals surface area contributed by atoms with Crippen molar-refractivity contribution in [3.63, 3.8) is 0 Å². The Bertz CT molecular complexity index is 442. The van der Waals surface area contributed by atoms with Crippen LogP contribution >= 0.6 is 11.6 Å². The lowest BCUT2D eigenvalue weighted by molar-refractivity contribution is 0.131. The van der Waals surface area contributed by atoms with Gasteiger partial charge in [0.15, 0.2) is 11.5 Å². The summed E-state index contributed by atoms with van der Waals surface area (Å²) in [7, 11) is 0. The summed E-state index contributed by atoms with van der Waals surface area (Å²) in [5.41, 5.74) is 0. The Kier molecular flexibility index (Phi) is 4.69. The third-order valence-electron chi connectivity index (χ3n) is 4.14. The molecular formula is C16H22ClNO2. The Hall–Kier alpha value is -0.930. The lowest BCUT2D eigenvalue weighted by Crippen LogP contribution is -2.50. The van der Waals surface area contributed by atoms with Gasteiger partial charge in [0.2, 0.25) is 0 Å². The maximum atomic E-state index is 6.06. The smallest absolute Gasteiger partial charge is 0.163 e. The molecule has 1 N–H and O–H groups in total. The van der Waals surface area contributed by atoms with Gasteiger partial charge in [0.1, 0.15) is 6.10 Å². The van der Waals surface area contributed by atoms with E-state index >= 15 is 0 Å². The molecule has 1 saturated carbocycles. The lowest BCUT2D eigenvalue weighted by atomic mass is 9.90. The van der Waals surface area contributed by atoms with Gasteiger partial charge in [0, 0.05) is 24.2 Å². The van der Waals surface area contributed by atoms with Crippen molar-refractivity contribution < 1.29 is 9.47 Å². The largest absolute Gasteiger partial charge is 0.489 e. The molecular weight excluding hydrogens is 274 g/mol. The molecule has 0 spiro atoms. The van der Waals surface area contributed by atoms with Crippen molar-refractivity contribution in [1.82, 2.24) is 5.32 Å². The summed E-state index contributed by atoms with van der Waals surface area (Å²) in [5.74, 6) is 2.30. The second-order valence-corrected chi connectivity index (χ2v) is 6.24. The molecule has 2 aliphatic rings. The molecule has 0 radical (unpaired) electrons. The zero-order valence-corrected chi connectivity index (χ0v) is 12.5. The molecule has 1 aromatic rings. The molecule has 2 fully saturated rings. The van der Waals surface area contributed by atoms with Crippen LogP contribution in [0, 0.1) is 5.92 Å². The number of benzene rings is 1. The van der Waals surface area contributed by atoms with Gasteiger partial charge < -0.3 is 14.8 Å². The summed E-state index contributed by atoms with van der Waals surface area (Å²) < 4.78 is 11.9. The third-order valence-corrected chi connectivity index (χ3v) is 4.38. The Morgan fingerprint density at radius 3 is 2.60 bits per heavy atom. The molecule has 0 bridgehead atoms. The highest BCUT2D eigenvalue weighted by Crippen LogP contribution is 2.33. The number of nitrogens with one attached hydrogen (secondary N) is 1. The van der Waals surface area contributed by atoms with Crippen molar-refractivity contribution in [2.45, 2.75) is 38.2 Å². The van der Waals surface area contributed by atoms with Crippen molar-refractivity contribution in [2.75, 3.05) is 19.7 Å². The van der Waals surface area contributed by atoms with E-state index in [0.717, 1.165) is 31.2 Å². The van der Waals surface area contributed by atoms with Crippen LogP contribution in [0.25, 0.3) is 0 Å². The van der Waals surface area contributed by atoms with Crippen molar-refractivity contribution in [2.24, 2.45) is 5.92 Å². The van der Waals surface area contributed by atoms with Crippen LogP contribution in [-0.4, -0.2) is 25.8 Å². The molecule has 3 nitrogen and oxygen atoms in total. The minimum Gasteiger partial charge on any atom is -0.489 e. The van der Waals surface area contributed by atoms with Gasteiger partial charge >= 0.3 is 0 Å². The Balaban J connectivity index is 1.61. The Morgan fingerprint density at radius 2 is 1.90 bits per heavy atom. The molecule has 3 rings (SSSR count). The van der Waals surface area contributed by atoms with Crippen molar-refractivity contribution in [3.05, 3.63) is 23.2 Å². The maximum absolute atomic E-state index is 6.06. The average Bonchev–Trinajstić information content (AvgIpc) is 2.43. The van der Waals surface area contributed by atoms with Gasteiger partial charge in [-0.2, -0.15) is 0 Å². The van der Waals surface area contributed by atoms with E-state index in [-0.39, 0.29) is 6.10 Å². The van der Waals surface area contributed by atoms with E-state index in [0.29, 0.717) is 10.9 Å². The molecule has 1 heterocycles. The van der Waals surface area contributed by atoms with Gasteiger partial charge in [0.05, 0.1) is 6.61 Å². The van der Waals surface area contributed by atoms with E-state index in [1.807, 2.05) is 18.2 Å². The molecule has 0 aromatic heterocycles. The predicted octanol–water partition coefficient (Wildman–Crippen LogP) is 3.65. The minimum absolute atomic E-state index is 0.241. The van der Waals surface area contributed by atoms with Crippen LogP contribution in [0.3, 0.4) is 0 Å². The van der Waals surface area contributed by atoms with E-state index in [1.54, 1.807) is 0 Å². The fraction of sp³-hybridized carbons (Fsp3) is 0.625. The highest BCUT2D eigenvalue weighted by molar-refractivity contribution is 6.30. The summed E-state index contributed by atoms with van der Waals surface area (Å²) in [6.07, 6.45) is 6.87. The highest BCUT2D eigenvalue weighted by atomic mass is 35.5. The predicted molar refractivity (Wildman–Crippen MR) is 80.8 cm³/mol. The van der Waals surface area contributed by atoms with E-state index < -0.39 is 0 Å². The molecule has 0 amide bonds. The monoisotopic (exact) mass is 295 g/mol. The van der Waals surface area contributed by atoms with Gasteiger partial charge in [-0.15, -0.1) is 0 Å². The average molecular weight is 296 g/mol. The fourth-order valence-electron chi connectivity index (χ4n) is 2.78. The van der Waals surface area contributed by atoms with Gasteiger partial charge in [-0.3, -0.25) is 0 Å². The first-order valence-electron chi connectivity index (χ1n) is 7.61. The Morgan fingerprint density at radius 1 is 1.10 bits per heavy atom. The first kappa shape index (κ1) is 14.0. The van der Waals surface area contributed by atoms with Crippen molar-refractivity contribution >= 4 is 11.6 Å². The molecule has 1 aliphatic heterocycles. The second-order valence-electron chi connectivity index (χ2n) is 5.80. The summed E-state index contributed by atoms with van der Waals surface area (Å²) in [4.78, 5) is 0. The first-order chi connectivity index (χ1) is 9.81. The zero-order chi connectivity index (χ0) is 13.8. The maximum Gasteiger partial charge on any atom is 0.163 e. The van der Waals surface area contributed by atoms with E-state index in [4.69, 9.17) is 21.1 Å². The summed E-state index contributed by atoms with van der Waals surface area (Å²) in [6.45, 7) is 2.59. The van der Waals surface area contributed by atoms with Gasteiger partial charge in [-0.05, 0) is 30.9 Å². The Labute approximate surface area is 125 Å². The number of hydrogen-bond acceptors (Lipinski definition) is 3. The standard InChI is InChI=1S/C16H22ClNO2/c17-13-6-7-15(16(8-13)20-14-9-18-10-14)19-11-12-4-2-1-3-5-12/h6-8,12,14,18H,1-5,9-11H2. The van der Waals surface area contributed by atoms with Crippen molar-refractivity contribution in [1.29, 1.82) is 0 Å². The topological polar surface area (TPSA) is 30.5 Å². The van der Waals surface area contributed by atoms with Gasteiger partial charge in [0.25, 0.3) is 0 Å². The number of ether oxygens (including phenoxy) is 2.